The number of piperazine rings is 1. The average Bonchev–Trinajstić information content (AvgIpc) is 3.32. The molecule has 0 bridgehead atoms. The lowest BCUT2D eigenvalue weighted by Crippen LogP contribution is -2.57. The summed E-state index contributed by atoms with van der Waals surface area (Å²) in [5, 5.41) is 3.34. The number of hydrogen-bond donors (Lipinski definition) is 1. The first kappa shape index (κ1) is 14.5. The summed E-state index contributed by atoms with van der Waals surface area (Å²) in [4.78, 5) is 16.3. The van der Waals surface area contributed by atoms with Gasteiger partial charge in [0, 0.05) is 40.3 Å². The van der Waals surface area contributed by atoms with Crippen LogP contribution < -0.4 is 5.32 Å². The van der Waals surface area contributed by atoms with E-state index in [1.807, 2.05) is 14.1 Å². The van der Waals surface area contributed by atoms with Crippen molar-refractivity contribution in [3.63, 3.8) is 0 Å². The van der Waals surface area contributed by atoms with E-state index in [1.54, 1.807) is 4.90 Å². The highest BCUT2D eigenvalue weighted by Gasteiger charge is 2.30. The fraction of sp³-hybridized carbons (Fsp3) is 0.588. The van der Waals surface area contributed by atoms with Crippen LogP contribution >= 0.6 is 0 Å². The third-order valence-corrected chi connectivity index (χ3v) is 4.47. The van der Waals surface area contributed by atoms with Gasteiger partial charge in [-0.25, -0.2) is 0 Å². The fourth-order valence-corrected chi connectivity index (χ4v) is 3.07. The monoisotopic (exact) mass is 287 g/mol. The number of likely N-dealkylation sites (N-methyl/N-ethyl adjacent to an activating group) is 1. The van der Waals surface area contributed by atoms with Crippen molar-refractivity contribution in [1.82, 2.24) is 15.1 Å². The molecule has 0 radical (unpaired) electrons. The number of hydrogen-bond acceptors (Lipinski definition) is 3. The first-order valence-electron chi connectivity index (χ1n) is 7.90. The Bertz CT molecular complexity index is 511. The molecule has 21 heavy (non-hydrogen) atoms. The van der Waals surface area contributed by atoms with Crippen molar-refractivity contribution >= 4 is 5.91 Å². The van der Waals surface area contributed by atoms with Crippen molar-refractivity contribution < 1.29 is 4.79 Å². The van der Waals surface area contributed by atoms with Gasteiger partial charge in [0.25, 0.3) is 0 Å². The van der Waals surface area contributed by atoms with Crippen LogP contribution in [0.3, 0.4) is 0 Å². The third kappa shape index (κ3) is 3.44. The van der Waals surface area contributed by atoms with E-state index in [9.17, 15) is 4.79 Å². The molecule has 1 aromatic carbocycles. The molecule has 1 aliphatic carbocycles. The number of nitrogens with one attached hydrogen (secondary N) is 1. The molecule has 2 aliphatic rings. The summed E-state index contributed by atoms with van der Waals surface area (Å²) in [6.45, 7) is 3.50. The summed E-state index contributed by atoms with van der Waals surface area (Å²) >= 11 is 0. The molecule has 1 N–H and O–H groups in total. The topological polar surface area (TPSA) is 35.6 Å². The summed E-state index contributed by atoms with van der Waals surface area (Å²) in [5.41, 5.74) is 2.80. The van der Waals surface area contributed by atoms with Crippen LogP contribution in [0.2, 0.25) is 0 Å². The van der Waals surface area contributed by atoms with E-state index in [1.165, 1.54) is 24.0 Å². The molecule has 0 spiro atoms. The highest BCUT2D eigenvalue weighted by Crippen LogP contribution is 2.40. The van der Waals surface area contributed by atoms with E-state index in [0.717, 1.165) is 32.1 Å². The normalized spacial score (nSPS) is 23.0. The number of rotatable bonds is 4. The molecule has 1 amide bonds. The van der Waals surface area contributed by atoms with Crippen LogP contribution in [0, 0.1) is 0 Å². The van der Waals surface area contributed by atoms with Crippen molar-refractivity contribution in [2.24, 2.45) is 0 Å². The van der Waals surface area contributed by atoms with Crippen LogP contribution in [-0.4, -0.2) is 55.5 Å². The van der Waals surface area contributed by atoms with Gasteiger partial charge in [0.05, 0.1) is 0 Å². The maximum absolute atomic E-state index is 12.3. The zero-order chi connectivity index (χ0) is 14.8. The van der Waals surface area contributed by atoms with Gasteiger partial charge in [0.2, 0.25) is 5.91 Å². The van der Waals surface area contributed by atoms with E-state index in [4.69, 9.17) is 0 Å². The van der Waals surface area contributed by atoms with Gasteiger partial charge in [0.1, 0.15) is 6.04 Å². The summed E-state index contributed by atoms with van der Waals surface area (Å²) in [7, 11) is 3.67. The van der Waals surface area contributed by atoms with Crippen molar-refractivity contribution in [1.29, 1.82) is 0 Å². The van der Waals surface area contributed by atoms with Crippen molar-refractivity contribution in [2.45, 2.75) is 31.3 Å². The highest BCUT2D eigenvalue weighted by atomic mass is 16.2. The summed E-state index contributed by atoms with van der Waals surface area (Å²) in [5.74, 6) is 0.979. The maximum Gasteiger partial charge on any atom is 0.240 e. The first-order valence-corrected chi connectivity index (χ1v) is 7.90. The van der Waals surface area contributed by atoms with Gasteiger partial charge in [-0.05, 0) is 29.9 Å². The lowest BCUT2D eigenvalue weighted by atomic mass is 10.1. The molecule has 1 aliphatic heterocycles. The average molecular weight is 287 g/mol. The number of nitrogens with zero attached hydrogens (tertiary/aromatic N) is 2. The molecule has 1 atom stereocenters. The molecular weight excluding hydrogens is 262 g/mol. The number of carbonyl (C=O) groups is 1. The largest absolute Gasteiger partial charge is 0.347 e. The Morgan fingerprint density at radius 3 is 2.90 bits per heavy atom. The van der Waals surface area contributed by atoms with E-state index in [0.29, 0.717) is 0 Å². The van der Waals surface area contributed by atoms with Gasteiger partial charge in [-0.2, -0.15) is 0 Å². The Hall–Kier alpha value is -1.39. The standard InChI is InChI=1S/C17H25N3O/c1-19(2)17(21)16-11-18-8-9-20(16)12-13-4-3-5-15(10-13)14-6-7-14/h3-5,10,14,16,18H,6-9,11-12H2,1-2H3. The minimum Gasteiger partial charge on any atom is -0.347 e. The summed E-state index contributed by atoms with van der Waals surface area (Å²) in [6.07, 6.45) is 2.66. The predicted octanol–water partition coefficient (Wildman–Crippen LogP) is 1.43. The van der Waals surface area contributed by atoms with Gasteiger partial charge in [-0.15, -0.1) is 0 Å². The van der Waals surface area contributed by atoms with Gasteiger partial charge in [-0.3, -0.25) is 9.69 Å². The highest BCUT2D eigenvalue weighted by molar-refractivity contribution is 5.81. The van der Waals surface area contributed by atoms with E-state index in [-0.39, 0.29) is 11.9 Å². The van der Waals surface area contributed by atoms with E-state index >= 15 is 0 Å². The molecule has 1 saturated carbocycles. The van der Waals surface area contributed by atoms with Gasteiger partial charge < -0.3 is 10.2 Å². The molecular formula is C17H25N3O. The lowest BCUT2D eigenvalue weighted by molar-refractivity contribution is -0.135. The quantitative estimate of drug-likeness (QED) is 0.910. The van der Waals surface area contributed by atoms with Gasteiger partial charge >= 0.3 is 0 Å². The van der Waals surface area contributed by atoms with Gasteiger partial charge in [-0.1, -0.05) is 24.3 Å². The molecule has 1 saturated heterocycles. The minimum atomic E-state index is -0.0432. The minimum absolute atomic E-state index is 0.0432. The zero-order valence-electron chi connectivity index (χ0n) is 13.0. The SMILES string of the molecule is CN(C)C(=O)C1CNCCN1Cc1cccc(C2CC2)c1. The van der Waals surface area contributed by atoms with Crippen LogP contribution in [0.1, 0.15) is 29.9 Å². The number of benzene rings is 1. The third-order valence-electron chi connectivity index (χ3n) is 4.47. The molecule has 4 nitrogen and oxygen atoms in total. The number of amides is 1. The maximum atomic E-state index is 12.3. The second-order valence-electron chi connectivity index (χ2n) is 6.44. The van der Waals surface area contributed by atoms with Crippen molar-refractivity contribution in [3.05, 3.63) is 35.4 Å². The first-order chi connectivity index (χ1) is 10.1. The van der Waals surface area contributed by atoms with Crippen LogP contribution in [-0.2, 0) is 11.3 Å². The molecule has 114 valence electrons. The van der Waals surface area contributed by atoms with Gasteiger partial charge in [0.15, 0.2) is 0 Å². The van der Waals surface area contributed by atoms with E-state index in [2.05, 4.69) is 34.5 Å². The Kier molecular flexibility index (Phi) is 4.27. The van der Waals surface area contributed by atoms with Crippen LogP contribution in [0.5, 0.6) is 0 Å². The van der Waals surface area contributed by atoms with Crippen LogP contribution in [0.4, 0.5) is 0 Å². The zero-order valence-corrected chi connectivity index (χ0v) is 13.0. The molecule has 1 aromatic rings. The Balaban J connectivity index is 1.71. The van der Waals surface area contributed by atoms with Crippen molar-refractivity contribution in [3.8, 4) is 0 Å². The molecule has 0 aromatic heterocycles. The molecule has 1 heterocycles. The molecule has 4 heteroatoms. The molecule has 2 fully saturated rings. The second kappa shape index (κ2) is 6.16. The number of carbonyl (C=O) groups excluding carboxylic acids is 1. The fourth-order valence-electron chi connectivity index (χ4n) is 3.07. The Morgan fingerprint density at radius 1 is 1.38 bits per heavy atom. The molecule has 1 unspecified atom stereocenters. The predicted molar refractivity (Wildman–Crippen MR) is 84.2 cm³/mol. The Labute approximate surface area is 127 Å². The van der Waals surface area contributed by atoms with Crippen molar-refractivity contribution in [2.75, 3.05) is 33.7 Å². The second-order valence-corrected chi connectivity index (χ2v) is 6.44. The summed E-state index contributed by atoms with van der Waals surface area (Å²) in [6, 6.07) is 8.87. The Morgan fingerprint density at radius 2 is 2.19 bits per heavy atom. The summed E-state index contributed by atoms with van der Waals surface area (Å²) < 4.78 is 0. The molecule has 3 rings (SSSR count). The van der Waals surface area contributed by atoms with E-state index < -0.39 is 0 Å². The van der Waals surface area contributed by atoms with Crippen LogP contribution in [0.25, 0.3) is 0 Å². The smallest absolute Gasteiger partial charge is 0.240 e. The lowest BCUT2D eigenvalue weighted by Gasteiger charge is -2.36. The van der Waals surface area contributed by atoms with Crippen LogP contribution in [0.15, 0.2) is 24.3 Å².